The average Bonchev–Trinajstić information content (AvgIpc) is 2.48. The molecule has 2 rings (SSSR count). The first-order valence-corrected chi connectivity index (χ1v) is 6.62. The molecule has 0 N–H and O–H groups in total. The smallest absolute Gasteiger partial charge is 0.311 e. The predicted octanol–water partition coefficient (Wildman–Crippen LogP) is 3.79. The summed E-state index contributed by atoms with van der Waals surface area (Å²) in [5, 5.41) is 0. The van der Waals surface area contributed by atoms with Gasteiger partial charge in [0.1, 0.15) is 0 Å². The third-order valence-electron chi connectivity index (χ3n) is 2.98. The Balaban J connectivity index is 2.05. The van der Waals surface area contributed by atoms with Crippen LogP contribution in [0.5, 0.6) is 5.75 Å². The molecule has 1 aromatic carbocycles. The molecule has 0 aliphatic heterocycles. The van der Waals surface area contributed by atoms with Crippen molar-refractivity contribution >= 4 is 11.5 Å². The van der Waals surface area contributed by atoms with Gasteiger partial charge >= 0.3 is 5.97 Å². The monoisotopic (exact) mass is 285 g/mol. The van der Waals surface area contributed by atoms with E-state index >= 15 is 0 Å². The molecule has 2 aromatic rings. The second-order valence-electron chi connectivity index (χ2n) is 4.73. The average molecular weight is 285 g/mol. The van der Waals surface area contributed by atoms with Gasteiger partial charge in [0.25, 0.3) is 0 Å². The number of pyridine rings is 1. The van der Waals surface area contributed by atoms with Crippen LogP contribution in [-0.2, 0) is 11.2 Å². The lowest BCUT2D eigenvalue weighted by Gasteiger charge is -2.10. The van der Waals surface area contributed by atoms with Crippen molar-refractivity contribution in [3.05, 3.63) is 66.2 Å². The molecule has 0 saturated carbocycles. The number of hydrogen-bond acceptors (Lipinski definition) is 3. The Bertz CT molecular complexity index is 653. The summed E-state index contributed by atoms with van der Waals surface area (Å²) in [6, 6.07) is 8.18. The van der Waals surface area contributed by atoms with Gasteiger partial charge in [-0.05, 0) is 36.6 Å². The van der Waals surface area contributed by atoms with Gasteiger partial charge in [0, 0.05) is 18.0 Å². The van der Waals surface area contributed by atoms with Crippen molar-refractivity contribution < 1.29 is 13.9 Å². The molecule has 0 radical (unpaired) electrons. The zero-order valence-electron chi connectivity index (χ0n) is 11.8. The lowest BCUT2D eigenvalue weighted by Crippen LogP contribution is -2.11. The van der Waals surface area contributed by atoms with E-state index < -0.39 is 11.8 Å². The number of aryl methyl sites for hydroxylation is 1. The molecule has 21 heavy (non-hydrogen) atoms. The number of carbonyl (C=O) groups excluding carboxylic acids is 1. The van der Waals surface area contributed by atoms with E-state index in [1.165, 1.54) is 6.07 Å². The third kappa shape index (κ3) is 3.99. The Morgan fingerprint density at radius 3 is 2.81 bits per heavy atom. The number of aromatic nitrogens is 1. The maximum absolute atomic E-state index is 13.8. The molecule has 1 aromatic heterocycles. The highest BCUT2D eigenvalue weighted by atomic mass is 19.1. The summed E-state index contributed by atoms with van der Waals surface area (Å²) < 4.78 is 19.0. The molecule has 0 aliphatic rings. The van der Waals surface area contributed by atoms with Crippen LogP contribution >= 0.6 is 0 Å². The molecule has 108 valence electrons. The maximum atomic E-state index is 13.8. The highest BCUT2D eigenvalue weighted by Crippen LogP contribution is 2.28. The number of para-hydroxylation sites is 1. The van der Waals surface area contributed by atoms with E-state index in [-0.39, 0.29) is 12.2 Å². The number of nitrogens with zero attached hydrogens (tertiary/aromatic N) is 1. The molecule has 0 fully saturated rings. The summed E-state index contributed by atoms with van der Waals surface area (Å²) >= 11 is 0. The quantitative estimate of drug-likeness (QED) is 0.619. The Morgan fingerprint density at radius 2 is 2.14 bits per heavy atom. The van der Waals surface area contributed by atoms with Gasteiger partial charge in [-0.15, -0.1) is 0 Å². The third-order valence-corrected chi connectivity index (χ3v) is 2.98. The molecule has 0 bridgehead atoms. The van der Waals surface area contributed by atoms with Crippen LogP contribution in [0.2, 0.25) is 0 Å². The summed E-state index contributed by atoms with van der Waals surface area (Å²) in [6.45, 7) is 5.50. The minimum atomic E-state index is -0.565. The molecule has 1 heterocycles. The van der Waals surface area contributed by atoms with Crippen molar-refractivity contribution in [2.24, 2.45) is 0 Å². The van der Waals surface area contributed by atoms with E-state index in [2.05, 4.69) is 11.6 Å². The number of benzene rings is 1. The zero-order chi connectivity index (χ0) is 15.2. The molecule has 0 aliphatic carbocycles. The number of ether oxygens (including phenoxy) is 1. The minimum absolute atomic E-state index is 0.0545. The molecule has 4 heteroatoms. The SMILES string of the molecule is C=C(C)c1cccc(F)c1OC(=O)CCc1cccnc1. The highest BCUT2D eigenvalue weighted by molar-refractivity contribution is 5.76. The standard InChI is InChI=1S/C17H16FNO2/c1-12(2)14-6-3-7-15(18)17(14)21-16(20)9-8-13-5-4-10-19-11-13/h3-7,10-11H,1,8-9H2,2H3. The fourth-order valence-corrected chi connectivity index (χ4v) is 1.91. The molecule has 0 saturated heterocycles. The van der Waals surface area contributed by atoms with Crippen LogP contribution in [0.3, 0.4) is 0 Å². The number of halogens is 1. The van der Waals surface area contributed by atoms with E-state index in [4.69, 9.17) is 4.74 Å². The number of allylic oxidation sites excluding steroid dienone is 1. The highest BCUT2D eigenvalue weighted by Gasteiger charge is 2.14. The first-order valence-electron chi connectivity index (χ1n) is 6.62. The van der Waals surface area contributed by atoms with E-state index in [0.29, 0.717) is 17.6 Å². The maximum Gasteiger partial charge on any atom is 0.311 e. The lowest BCUT2D eigenvalue weighted by atomic mass is 10.1. The van der Waals surface area contributed by atoms with Crippen molar-refractivity contribution in [3.8, 4) is 5.75 Å². The number of carbonyl (C=O) groups is 1. The topological polar surface area (TPSA) is 39.2 Å². The molecule has 3 nitrogen and oxygen atoms in total. The minimum Gasteiger partial charge on any atom is -0.423 e. The van der Waals surface area contributed by atoms with Gasteiger partial charge in [0.15, 0.2) is 11.6 Å². The van der Waals surface area contributed by atoms with Gasteiger partial charge in [-0.1, -0.05) is 24.8 Å². The van der Waals surface area contributed by atoms with Crippen molar-refractivity contribution in [1.82, 2.24) is 4.98 Å². The first kappa shape index (κ1) is 14.9. The number of rotatable bonds is 5. The lowest BCUT2D eigenvalue weighted by molar-refractivity contribution is -0.134. The van der Waals surface area contributed by atoms with Crippen molar-refractivity contribution in [2.75, 3.05) is 0 Å². The Hall–Kier alpha value is -2.49. The van der Waals surface area contributed by atoms with E-state index in [1.54, 1.807) is 37.5 Å². The summed E-state index contributed by atoms with van der Waals surface area (Å²) in [7, 11) is 0. The van der Waals surface area contributed by atoms with Gasteiger partial charge in [0.2, 0.25) is 0 Å². The Kier molecular flexibility index (Phi) is 4.82. The van der Waals surface area contributed by atoms with Crippen LogP contribution in [-0.4, -0.2) is 11.0 Å². The summed E-state index contributed by atoms with van der Waals surface area (Å²) in [5.41, 5.74) is 2.08. The van der Waals surface area contributed by atoms with E-state index in [0.717, 1.165) is 5.56 Å². The molecule has 0 unspecified atom stereocenters. The number of esters is 1. The summed E-state index contributed by atoms with van der Waals surface area (Å²) in [5.74, 6) is -1.10. The van der Waals surface area contributed by atoms with E-state index in [1.807, 2.05) is 6.07 Å². The van der Waals surface area contributed by atoms with Gasteiger partial charge in [-0.25, -0.2) is 4.39 Å². The largest absolute Gasteiger partial charge is 0.423 e. The van der Waals surface area contributed by atoms with Crippen LogP contribution in [0.4, 0.5) is 4.39 Å². The zero-order valence-corrected chi connectivity index (χ0v) is 11.8. The van der Waals surface area contributed by atoms with Gasteiger partial charge < -0.3 is 4.74 Å². The van der Waals surface area contributed by atoms with Crippen molar-refractivity contribution in [1.29, 1.82) is 0 Å². The van der Waals surface area contributed by atoms with Gasteiger partial charge in [-0.3, -0.25) is 9.78 Å². The summed E-state index contributed by atoms with van der Waals surface area (Å²) in [6.07, 6.45) is 4.02. The fourth-order valence-electron chi connectivity index (χ4n) is 1.91. The Morgan fingerprint density at radius 1 is 1.33 bits per heavy atom. The van der Waals surface area contributed by atoms with Crippen LogP contribution in [0, 0.1) is 5.82 Å². The second-order valence-corrected chi connectivity index (χ2v) is 4.73. The van der Waals surface area contributed by atoms with Gasteiger partial charge in [-0.2, -0.15) is 0 Å². The van der Waals surface area contributed by atoms with Crippen LogP contribution in [0.15, 0.2) is 49.3 Å². The van der Waals surface area contributed by atoms with Crippen LogP contribution in [0.25, 0.3) is 5.57 Å². The van der Waals surface area contributed by atoms with E-state index in [9.17, 15) is 9.18 Å². The summed E-state index contributed by atoms with van der Waals surface area (Å²) in [4.78, 5) is 15.8. The van der Waals surface area contributed by atoms with Gasteiger partial charge in [0.05, 0.1) is 6.42 Å². The van der Waals surface area contributed by atoms with Crippen molar-refractivity contribution in [3.63, 3.8) is 0 Å². The molecular weight excluding hydrogens is 269 g/mol. The Labute approximate surface area is 123 Å². The normalized spacial score (nSPS) is 10.2. The fraction of sp³-hybridized carbons (Fsp3) is 0.176. The van der Waals surface area contributed by atoms with Crippen molar-refractivity contribution in [2.45, 2.75) is 19.8 Å². The van der Waals surface area contributed by atoms with Crippen LogP contribution < -0.4 is 4.74 Å². The molecule has 0 atom stereocenters. The predicted molar refractivity (Wildman–Crippen MR) is 79.3 cm³/mol. The number of hydrogen-bond donors (Lipinski definition) is 0. The molecule has 0 spiro atoms. The van der Waals surface area contributed by atoms with Crippen LogP contribution in [0.1, 0.15) is 24.5 Å². The molecule has 0 amide bonds. The second kappa shape index (κ2) is 6.79. The molecular formula is C17H16FNO2. The first-order chi connectivity index (χ1) is 10.1.